The smallest absolute Gasteiger partial charge is 0.127 e. The van der Waals surface area contributed by atoms with Gasteiger partial charge in [0.2, 0.25) is 0 Å². The van der Waals surface area contributed by atoms with Crippen molar-refractivity contribution in [1.29, 1.82) is 0 Å². The third-order valence-electron chi connectivity index (χ3n) is 6.14. The summed E-state index contributed by atoms with van der Waals surface area (Å²) < 4.78 is 8.44. The second-order valence-electron chi connectivity index (χ2n) is 8.53. The standard InChI is InChI=1S/C31H30N2OS/c1-2-24-18-20-26(21-19-24)34-23-11-22-33-29-17-10-9-16-28(29)32-31(33)30(25-12-5-3-6-13-25)35-27-14-7-4-8-15-27/h3-10,12-21,30H,2,11,22-23H2,1H3. The predicted octanol–water partition coefficient (Wildman–Crippen LogP) is 7.95. The molecular weight excluding hydrogens is 448 g/mol. The number of imidazole rings is 1. The number of aromatic nitrogens is 2. The zero-order valence-electron chi connectivity index (χ0n) is 20.0. The molecule has 0 aliphatic carbocycles. The van der Waals surface area contributed by atoms with E-state index in [9.17, 15) is 0 Å². The highest BCUT2D eigenvalue weighted by molar-refractivity contribution is 7.99. The second-order valence-corrected chi connectivity index (χ2v) is 9.71. The molecule has 4 aromatic carbocycles. The molecule has 3 nitrogen and oxygen atoms in total. The van der Waals surface area contributed by atoms with E-state index in [0.29, 0.717) is 6.61 Å². The SMILES string of the molecule is CCc1ccc(OCCCn2c(C(Sc3ccccc3)c3ccccc3)nc3ccccc32)cc1. The summed E-state index contributed by atoms with van der Waals surface area (Å²) in [7, 11) is 0. The minimum absolute atomic E-state index is 0.0912. The van der Waals surface area contributed by atoms with Crippen molar-refractivity contribution < 1.29 is 4.74 Å². The van der Waals surface area contributed by atoms with Gasteiger partial charge in [-0.1, -0.05) is 79.7 Å². The lowest BCUT2D eigenvalue weighted by Crippen LogP contribution is -2.11. The Morgan fingerprint density at radius 2 is 1.49 bits per heavy atom. The van der Waals surface area contributed by atoms with E-state index in [0.717, 1.165) is 36.5 Å². The lowest BCUT2D eigenvalue weighted by Gasteiger charge is -2.19. The molecule has 0 bridgehead atoms. The number of hydrogen-bond acceptors (Lipinski definition) is 3. The molecule has 0 aliphatic rings. The van der Waals surface area contributed by atoms with Gasteiger partial charge in [0.25, 0.3) is 0 Å². The van der Waals surface area contributed by atoms with Crippen molar-refractivity contribution in [2.75, 3.05) is 6.61 Å². The molecule has 0 N–H and O–H groups in total. The van der Waals surface area contributed by atoms with Crippen molar-refractivity contribution in [3.8, 4) is 5.75 Å². The number of hydrogen-bond donors (Lipinski definition) is 0. The van der Waals surface area contributed by atoms with Crippen LogP contribution >= 0.6 is 11.8 Å². The van der Waals surface area contributed by atoms with Crippen LogP contribution in [-0.2, 0) is 13.0 Å². The van der Waals surface area contributed by atoms with Crippen molar-refractivity contribution in [3.05, 3.63) is 126 Å². The maximum atomic E-state index is 6.06. The van der Waals surface area contributed by atoms with Crippen LogP contribution in [0.2, 0.25) is 0 Å². The highest BCUT2D eigenvalue weighted by atomic mass is 32.2. The molecule has 1 heterocycles. The molecule has 0 amide bonds. The Kier molecular flexibility index (Phi) is 7.50. The Balaban J connectivity index is 1.42. The summed E-state index contributed by atoms with van der Waals surface area (Å²) in [6.07, 6.45) is 1.95. The van der Waals surface area contributed by atoms with Crippen LogP contribution in [0.25, 0.3) is 11.0 Å². The van der Waals surface area contributed by atoms with Gasteiger partial charge in [-0.15, -0.1) is 11.8 Å². The number of para-hydroxylation sites is 2. The first-order valence-electron chi connectivity index (χ1n) is 12.3. The number of aryl methyl sites for hydroxylation is 2. The number of fused-ring (bicyclic) bond motifs is 1. The molecule has 1 unspecified atom stereocenters. The van der Waals surface area contributed by atoms with Crippen LogP contribution in [0.5, 0.6) is 5.75 Å². The van der Waals surface area contributed by atoms with Gasteiger partial charge < -0.3 is 9.30 Å². The molecule has 0 saturated heterocycles. The normalized spacial score (nSPS) is 12.0. The van der Waals surface area contributed by atoms with Gasteiger partial charge in [0, 0.05) is 11.4 Å². The minimum Gasteiger partial charge on any atom is -0.494 e. The van der Waals surface area contributed by atoms with E-state index in [1.165, 1.54) is 21.5 Å². The fourth-order valence-electron chi connectivity index (χ4n) is 4.30. The average Bonchev–Trinajstić information content (AvgIpc) is 3.29. The molecule has 5 aromatic rings. The zero-order chi connectivity index (χ0) is 23.9. The molecule has 0 saturated carbocycles. The summed E-state index contributed by atoms with van der Waals surface area (Å²) in [4.78, 5) is 6.38. The number of ether oxygens (including phenoxy) is 1. The summed E-state index contributed by atoms with van der Waals surface area (Å²) in [6, 6.07) is 38.1. The summed E-state index contributed by atoms with van der Waals surface area (Å²) in [5.74, 6) is 2.01. The molecule has 1 atom stereocenters. The van der Waals surface area contributed by atoms with E-state index in [2.05, 4.69) is 121 Å². The van der Waals surface area contributed by atoms with Crippen LogP contribution in [0.3, 0.4) is 0 Å². The number of nitrogens with zero attached hydrogens (tertiary/aromatic N) is 2. The highest BCUT2D eigenvalue weighted by Crippen LogP contribution is 2.41. The van der Waals surface area contributed by atoms with Crippen molar-refractivity contribution in [2.24, 2.45) is 0 Å². The summed E-state index contributed by atoms with van der Waals surface area (Å²) >= 11 is 1.85. The van der Waals surface area contributed by atoms with E-state index in [1.54, 1.807) is 0 Å². The molecule has 0 spiro atoms. The molecule has 1 aromatic heterocycles. The van der Waals surface area contributed by atoms with E-state index < -0.39 is 0 Å². The van der Waals surface area contributed by atoms with Gasteiger partial charge >= 0.3 is 0 Å². The van der Waals surface area contributed by atoms with Gasteiger partial charge in [-0.2, -0.15) is 0 Å². The number of thioether (sulfide) groups is 1. The molecule has 35 heavy (non-hydrogen) atoms. The van der Waals surface area contributed by atoms with Gasteiger partial charge in [0.1, 0.15) is 11.6 Å². The van der Waals surface area contributed by atoms with Gasteiger partial charge in [0.05, 0.1) is 22.9 Å². The second kappa shape index (κ2) is 11.3. The Morgan fingerprint density at radius 3 is 2.23 bits per heavy atom. The van der Waals surface area contributed by atoms with Crippen LogP contribution in [0, 0.1) is 0 Å². The Bertz CT molecular complexity index is 1350. The lowest BCUT2D eigenvalue weighted by atomic mass is 10.1. The van der Waals surface area contributed by atoms with Crippen LogP contribution in [0.4, 0.5) is 0 Å². The Morgan fingerprint density at radius 1 is 0.800 bits per heavy atom. The van der Waals surface area contributed by atoms with Gasteiger partial charge in [-0.3, -0.25) is 0 Å². The van der Waals surface area contributed by atoms with Crippen molar-refractivity contribution >= 4 is 22.8 Å². The first kappa shape index (κ1) is 23.3. The van der Waals surface area contributed by atoms with Gasteiger partial charge in [-0.05, 0) is 60.4 Å². The number of benzene rings is 4. The fraction of sp³-hybridized carbons (Fsp3) is 0.194. The summed E-state index contributed by atoms with van der Waals surface area (Å²) in [6.45, 7) is 3.68. The summed E-state index contributed by atoms with van der Waals surface area (Å²) in [5, 5.41) is 0.0912. The van der Waals surface area contributed by atoms with E-state index in [4.69, 9.17) is 9.72 Å². The third kappa shape index (κ3) is 5.60. The molecule has 176 valence electrons. The van der Waals surface area contributed by atoms with Crippen LogP contribution in [0.1, 0.15) is 35.5 Å². The third-order valence-corrected chi connectivity index (χ3v) is 7.41. The molecule has 5 rings (SSSR count). The van der Waals surface area contributed by atoms with Crippen molar-refractivity contribution in [1.82, 2.24) is 9.55 Å². The fourth-order valence-corrected chi connectivity index (χ4v) is 5.46. The lowest BCUT2D eigenvalue weighted by molar-refractivity contribution is 0.302. The van der Waals surface area contributed by atoms with Crippen molar-refractivity contribution in [2.45, 2.75) is 36.5 Å². The van der Waals surface area contributed by atoms with Gasteiger partial charge in [-0.25, -0.2) is 4.98 Å². The van der Waals surface area contributed by atoms with E-state index >= 15 is 0 Å². The van der Waals surface area contributed by atoms with Crippen LogP contribution in [0.15, 0.2) is 114 Å². The predicted molar refractivity (Wildman–Crippen MR) is 146 cm³/mol. The zero-order valence-corrected chi connectivity index (χ0v) is 20.8. The molecular formula is C31H30N2OS. The van der Waals surface area contributed by atoms with E-state index in [-0.39, 0.29) is 5.25 Å². The quantitative estimate of drug-likeness (QED) is 0.150. The molecule has 0 radical (unpaired) electrons. The van der Waals surface area contributed by atoms with Crippen LogP contribution in [-0.4, -0.2) is 16.2 Å². The monoisotopic (exact) mass is 478 g/mol. The number of rotatable bonds is 10. The molecule has 4 heteroatoms. The largest absolute Gasteiger partial charge is 0.494 e. The Hall–Kier alpha value is -3.50. The van der Waals surface area contributed by atoms with Crippen LogP contribution < -0.4 is 4.74 Å². The van der Waals surface area contributed by atoms with Gasteiger partial charge in [0.15, 0.2) is 0 Å². The maximum Gasteiger partial charge on any atom is 0.127 e. The average molecular weight is 479 g/mol. The first-order valence-corrected chi connectivity index (χ1v) is 13.1. The minimum atomic E-state index is 0.0912. The van der Waals surface area contributed by atoms with Crippen molar-refractivity contribution in [3.63, 3.8) is 0 Å². The highest BCUT2D eigenvalue weighted by Gasteiger charge is 2.23. The molecule has 0 aliphatic heterocycles. The Labute approximate surface area is 211 Å². The maximum absolute atomic E-state index is 6.06. The van der Waals surface area contributed by atoms with E-state index in [1.807, 2.05) is 11.8 Å². The summed E-state index contributed by atoms with van der Waals surface area (Å²) in [5.41, 5.74) is 4.79. The first-order chi connectivity index (χ1) is 17.3. The molecule has 0 fully saturated rings. The topological polar surface area (TPSA) is 27.1 Å².